The van der Waals surface area contributed by atoms with Gasteiger partial charge in [0.25, 0.3) is 0 Å². The van der Waals surface area contributed by atoms with Crippen molar-refractivity contribution in [3.05, 3.63) is 47.7 Å². The number of aromatic nitrogens is 1. The minimum Gasteiger partial charge on any atom is -0.381 e. The van der Waals surface area contributed by atoms with Crippen molar-refractivity contribution in [3.63, 3.8) is 0 Å². The second-order valence-electron chi connectivity index (χ2n) is 6.38. The minimum atomic E-state index is 0.604. The van der Waals surface area contributed by atoms with Crippen LogP contribution in [0.1, 0.15) is 36.4 Å². The monoisotopic (exact) mass is 314 g/mol. The summed E-state index contributed by atoms with van der Waals surface area (Å²) in [5, 5.41) is 1.34. The SMILES string of the molecule is Cc1cc(N(C2CCOCC2)[C@@H]2C[C@H]2c2ccccc2)sn1. The van der Waals surface area contributed by atoms with Crippen LogP contribution in [0.4, 0.5) is 5.00 Å². The van der Waals surface area contributed by atoms with E-state index in [1.54, 1.807) is 11.5 Å². The molecule has 22 heavy (non-hydrogen) atoms. The van der Waals surface area contributed by atoms with Crippen molar-refractivity contribution in [2.24, 2.45) is 0 Å². The topological polar surface area (TPSA) is 25.4 Å². The number of nitrogens with zero attached hydrogens (tertiary/aromatic N) is 2. The van der Waals surface area contributed by atoms with E-state index in [0.717, 1.165) is 31.7 Å². The first-order valence-corrected chi connectivity index (χ1v) is 8.94. The molecule has 1 aromatic heterocycles. The van der Waals surface area contributed by atoms with Crippen molar-refractivity contribution in [1.82, 2.24) is 4.37 Å². The third-order valence-corrected chi connectivity index (χ3v) is 5.69. The van der Waals surface area contributed by atoms with Gasteiger partial charge in [-0.2, -0.15) is 4.37 Å². The lowest BCUT2D eigenvalue weighted by Crippen LogP contribution is -2.41. The molecule has 2 atom stereocenters. The van der Waals surface area contributed by atoms with Gasteiger partial charge in [0.2, 0.25) is 0 Å². The number of benzene rings is 1. The van der Waals surface area contributed by atoms with Crippen molar-refractivity contribution < 1.29 is 4.74 Å². The first-order chi connectivity index (χ1) is 10.8. The van der Waals surface area contributed by atoms with E-state index < -0.39 is 0 Å². The van der Waals surface area contributed by atoms with Crippen LogP contribution in [0, 0.1) is 6.92 Å². The largest absolute Gasteiger partial charge is 0.381 e. The molecule has 0 amide bonds. The first-order valence-electron chi connectivity index (χ1n) is 8.17. The van der Waals surface area contributed by atoms with E-state index in [-0.39, 0.29) is 0 Å². The van der Waals surface area contributed by atoms with E-state index in [1.807, 2.05) is 0 Å². The Kier molecular flexibility index (Phi) is 3.89. The molecule has 1 aromatic carbocycles. The molecular formula is C18H22N2OS. The molecule has 0 N–H and O–H groups in total. The fraction of sp³-hybridized carbons (Fsp3) is 0.500. The number of hydrogen-bond acceptors (Lipinski definition) is 4. The maximum Gasteiger partial charge on any atom is 0.112 e. The van der Waals surface area contributed by atoms with Gasteiger partial charge in [0.05, 0.1) is 5.69 Å². The molecule has 2 aliphatic rings. The molecule has 3 nitrogen and oxygen atoms in total. The summed E-state index contributed by atoms with van der Waals surface area (Å²) in [5.41, 5.74) is 2.61. The Balaban J connectivity index is 1.58. The number of rotatable bonds is 4. The summed E-state index contributed by atoms with van der Waals surface area (Å²) in [6.45, 7) is 3.87. The van der Waals surface area contributed by atoms with Crippen LogP contribution in [0.5, 0.6) is 0 Å². The summed E-state index contributed by atoms with van der Waals surface area (Å²) in [4.78, 5) is 2.66. The number of aryl methyl sites for hydroxylation is 1. The molecule has 4 heteroatoms. The molecule has 0 radical (unpaired) electrons. The normalized spacial score (nSPS) is 25.1. The standard InChI is InChI=1S/C18H22N2OS/c1-13-11-18(22-19-13)20(15-7-9-21-10-8-15)17-12-16(17)14-5-3-2-4-6-14/h2-6,11,15-17H,7-10,12H2,1H3/t16-,17+/m0/s1. The third-order valence-electron chi connectivity index (χ3n) is 4.80. The summed E-state index contributed by atoms with van der Waals surface area (Å²) in [5.74, 6) is 0.673. The lowest BCUT2D eigenvalue weighted by Gasteiger charge is -2.35. The highest BCUT2D eigenvalue weighted by Crippen LogP contribution is 2.48. The second-order valence-corrected chi connectivity index (χ2v) is 7.16. The molecule has 1 saturated heterocycles. The van der Waals surface area contributed by atoms with E-state index in [1.165, 1.54) is 17.0 Å². The fourth-order valence-electron chi connectivity index (χ4n) is 3.60. The van der Waals surface area contributed by atoms with Gasteiger partial charge in [-0.05, 0) is 49.3 Å². The summed E-state index contributed by atoms with van der Waals surface area (Å²) >= 11 is 1.65. The molecule has 1 aliphatic carbocycles. The van der Waals surface area contributed by atoms with Crippen molar-refractivity contribution >= 4 is 16.5 Å². The molecule has 1 aliphatic heterocycles. The summed E-state index contributed by atoms with van der Waals surface area (Å²) < 4.78 is 10.1. The van der Waals surface area contributed by atoms with Crippen LogP contribution in [-0.2, 0) is 4.74 Å². The van der Waals surface area contributed by atoms with E-state index in [2.05, 4.69) is 52.6 Å². The van der Waals surface area contributed by atoms with Crippen LogP contribution in [-0.4, -0.2) is 29.7 Å². The average molecular weight is 314 g/mol. The van der Waals surface area contributed by atoms with Crippen molar-refractivity contribution in [2.45, 2.75) is 44.2 Å². The zero-order valence-electron chi connectivity index (χ0n) is 12.9. The van der Waals surface area contributed by atoms with Gasteiger partial charge in [-0.25, -0.2) is 0 Å². The molecule has 2 fully saturated rings. The van der Waals surface area contributed by atoms with E-state index in [4.69, 9.17) is 4.74 Å². The third kappa shape index (κ3) is 2.77. The van der Waals surface area contributed by atoms with Crippen molar-refractivity contribution in [3.8, 4) is 0 Å². The summed E-state index contributed by atoms with van der Waals surface area (Å²) in [6, 6.07) is 14.4. The zero-order chi connectivity index (χ0) is 14.9. The highest BCUT2D eigenvalue weighted by molar-refractivity contribution is 7.10. The number of hydrogen-bond donors (Lipinski definition) is 0. The Morgan fingerprint density at radius 2 is 1.95 bits per heavy atom. The molecule has 4 rings (SSSR count). The highest BCUT2D eigenvalue weighted by atomic mass is 32.1. The van der Waals surface area contributed by atoms with Gasteiger partial charge < -0.3 is 9.64 Å². The maximum atomic E-state index is 5.56. The van der Waals surface area contributed by atoms with Crippen LogP contribution in [0.2, 0.25) is 0 Å². The van der Waals surface area contributed by atoms with Crippen molar-refractivity contribution in [1.29, 1.82) is 0 Å². The molecule has 0 unspecified atom stereocenters. The average Bonchev–Trinajstić information content (AvgIpc) is 3.23. The van der Waals surface area contributed by atoms with Gasteiger partial charge in [-0.1, -0.05) is 30.3 Å². The molecular weight excluding hydrogens is 292 g/mol. The van der Waals surface area contributed by atoms with E-state index >= 15 is 0 Å². The minimum absolute atomic E-state index is 0.604. The van der Waals surface area contributed by atoms with Gasteiger partial charge in [0, 0.05) is 31.2 Å². The molecule has 2 heterocycles. The molecule has 0 bridgehead atoms. The quantitative estimate of drug-likeness (QED) is 0.853. The van der Waals surface area contributed by atoms with E-state index in [9.17, 15) is 0 Å². The Hall–Kier alpha value is -1.39. The van der Waals surface area contributed by atoms with Gasteiger partial charge in [-0.15, -0.1) is 0 Å². The Morgan fingerprint density at radius 3 is 2.64 bits per heavy atom. The molecule has 1 saturated carbocycles. The number of anilines is 1. The van der Waals surface area contributed by atoms with Crippen LogP contribution in [0.3, 0.4) is 0 Å². The maximum absolute atomic E-state index is 5.56. The summed E-state index contributed by atoms with van der Waals surface area (Å²) in [6.07, 6.45) is 3.53. The van der Waals surface area contributed by atoms with Crippen LogP contribution in [0.25, 0.3) is 0 Å². The summed E-state index contributed by atoms with van der Waals surface area (Å²) in [7, 11) is 0. The van der Waals surface area contributed by atoms with Gasteiger partial charge in [-0.3, -0.25) is 0 Å². The van der Waals surface area contributed by atoms with Crippen molar-refractivity contribution in [2.75, 3.05) is 18.1 Å². The van der Waals surface area contributed by atoms with Gasteiger partial charge in [0.1, 0.15) is 5.00 Å². The predicted octanol–water partition coefficient (Wildman–Crippen LogP) is 3.99. The van der Waals surface area contributed by atoms with Gasteiger partial charge >= 0.3 is 0 Å². The molecule has 116 valence electrons. The Bertz CT molecular complexity index is 621. The Labute approximate surface area is 136 Å². The molecule has 2 aromatic rings. The predicted molar refractivity (Wildman–Crippen MR) is 90.8 cm³/mol. The van der Waals surface area contributed by atoms with Crippen LogP contribution >= 0.6 is 11.5 Å². The number of ether oxygens (including phenoxy) is 1. The molecule has 0 spiro atoms. The lowest BCUT2D eigenvalue weighted by atomic mass is 10.1. The zero-order valence-corrected chi connectivity index (χ0v) is 13.8. The smallest absolute Gasteiger partial charge is 0.112 e. The van der Waals surface area contributed by atoms with Crippen LogP contribution < -0.4 is 4.90 Å². The fourth-order valence-corrected chi connectivity index (χ4v) is 4.49. The first kappa shape index (κ1) is 14.2. The van der Waals surface area contributed by atoms with Gasteiger partial charge in [0.15, 0.2) is 0 Å². The van der Waals surface area contributed by atoms with Crippen LogP contribution in [0.15, 0.2) is 36.4 Å². The highest BCUT2D eigenvalue weighted by Gasteiger charge is 2.45. The second kappa shape index (κ2) is 6.01. The van der Waals surface area contributed by atoms with E-state index in [0.29, 0.717) is 18.0 Å². The Morgan fingerprint density at radius 1 is 1.18 bits per heavy atom. The lowest BCUT2D eigenvalue weighted by molar-refractivity contribution is 0.0841.